The third kappa shape index (κ3) is 1.52. The van der Waals surface area contributed by atoms with Crippen LogP contribution in [0.25, 0.3) is 0 Å². The molecule has 18 heavy (non-hydrogen) atoms. The molecule has 0 N–H and O–H groups in total. The van der Waals surface area contributed by atoms with Gasteiger partial charge in [0.25, 0.3) is 0 Å². The number of carbonyl (C=O) groups excluding carboxylic acids is 2. The fourth-order valence-corrected chi connectivity index (χ4v) is 2.33. The number of Topliss-reactive ketones (excluding diaryl/α,β-unsaturated/α-hetero) is 1. The molecule has 0 saturated heterocycles. The van der Waals surface area contributed by atoms with Crippen LogP contribution in [-0.2, 0) is 11.2 Å². The molecule has 1 heterocycles. The van der Waals surface area contributed by atoms with Crippen LogP contribution in [0.5, 0.6) is 0 Å². The molecule has 0 atom stereocenters. The van der Waals surface area contributed by atoms with E-state index in [-0.39, 0.29) is 5.78 Å². The van der Waals surface area contributed by atoms with Crippen LogP contribution >= 0.6 is 0 Å². The lowest BCUT2D eigenvalue weighted by Gasteiger charge is -2.19. The van der Waals surface area contributed by atoms with Crippen molar-refractivity contribution in [3.05, 3.63) is 59.7 Å². The molecule has 3 rings (SSSR count). The average Bonchev–Trinajstić information content (AvgIpc) is 2.53. The van der Waals surface area contributed by atoms with Gasteiger partial charge in [0.2, 0.25) is 6.41 Å². The Labute approximate surface area is 105 Å². The first-order valence-electron chi connectivity index (χ1n) is 5.76. The fraction of sp³-hybridized carbons (Fsp3) is 0.0667. The van der Waals surface area contributed by atoms with Gasteiger partial charge in [-0.05, 0) is 23.8 Å². The predicted molar refractivity (Wildman–Crippen MR) is 69.1 cm³/mol. The Morgan fingerprint density at radius 2 is 1.61 bits per heavy atom. The molecule has 0 fully saturated rings. The van der Waals surface area contributed by atoms with E-state index in [0.717, 1.165) is 17.7 Å². The van der Waals surface area contributed by atoms with Crippen molar-refractivity contribution in [2.24, 2.45) is 0 Å². The van der Waals surface area contributed by atoms with E-state index in [0.29, 0.717) is 17.7 Å². The first-order valence-corrected chi connectivity index (χ1v) is 5.76. The fourth-order valence-electron chi connectivity index (χ4n) is 2.33. The lowest BCUT2D eigenvalue weighted by Crippen LogP contribution is -2.15. The van der Waals surface area contributed by atoms with E-state index in [4.69, 9.17) is 0 Å². The number of fused-ring (bicyclic) bond motifs is 2. The lowest BCUT2D eigenvalue weighted by atomic mass is 10.0. The number of benzene rings is 2. The van der Waals surface area contributed by atoms with Gasteiger partial charge in [-0.25, -0.2) is 0 Å². The molecular weight excluding hydrogens is 226 g/mol. The first kappa shape index (κ1) is 10.7. The molecule has 0 spiro atoms. The second-order valence-electron chi connectivity index (χ2n) is 4.22. The summed E-state index contributed by atoms with van der Waals surface area (Å²) in [6.45, 7) is 0. The summed E-state index contributed by atoms with van der Waals surface area (Å²) < 4.78 is 0. The van der Waals surface area contributed by atoms with Gasteiger partial charge in [0.15, 0.2) is 5.78 Å². The van der Waals surface area contributed by atoms with Crippen LogP contribution in [0, 0.1) is 0 Å². The molecule has 0 radical (unpaired) electrons. The SMILES string of the molecule is O=CN1c2ccccc2CC(=O)c2ccccc21. The highest BCUT2D eigenvalue weighted by molar-refractivity contribution is 6.08. The standard InChI is InChI=1S/C15H11NO2/c17-10-16-13-7-3-1-5-11(13)9-15(18)12-6-2-4-8-14(12)16/h1-8,10H,9H2. The maximum absolute atomic E-state index is 12.2. The number of hydrogen-bond acceptors (Lipinski definition) is 2. The minimum atomic E-state index is 0.0439. The summed E-state index contributed by atoms with van der Waals surface area (Å²) in [5, 5.41) is 0. The van der Waals surface area contributed by atoms with E-state index in [2.05, 4.69) is 0 Å². The summed E-state index contributed by atoms with van der Waals surface area (Å²) in [5.74, 6) is 0.0439. The highest BCUT2D eigenvalue weighted by Gasteiger charge is 2.24. The summed E-state index contributed by atoms with van der Waals surface area (Å²) in [6.07, 6.45) is 1.09. The molecule has 3 heteroatoms. The molecule has 1 aliphatic rings. The van der Waals surface area contributed by atoms with Crippen molar-refractivity contribution in [1.82, 2.24) is 0 Å². The number of amides is 1. The summed E-state index contributed by atoms with van der Waals surface area (Å²) in [7, 11) is 0. The van der Waals surface area contributed by atoms with Gasteiger partial charge in [0.1, 0.15) is 0 Å². The van der Waals surface area contributed by atoms with E-state index in [9.17, 15) is 9.59 Å². The van der Waals surface area contributed by atoms with Crippen LogP contribution in [0.1, 0.15) is 15.9 Å². The van der Waals surface area contributed by atoms with Gasteiger partial charge < -0.3 is 0 Å². The predicted octanol–water partition coefficient (Wildman–Crippen LogP) is 2.72. The summed E-state index contributed by atoms with van der Waals surface area (Å²) in [4.78, 5) is 25.1. The number of rotatable bonds is 1. The maximum Gasteiger partial charge on any atom is 0.218 e. The molecule has 1 aliphatic heterocycles. The molecule has 2 aromatic carbocycles. The Balaban J connectivity index is 2.30. The number of hydrogen-bond donors (Lipinski definition) is 0. The van der Waals surface area contributed by atoms with E-state index >= 15 is 0 Å². The van der Waals surface area contributed by atoms with Gasteiger partial charge in [0.05, 0.1) is 11.4 Å². The molecule has 88 valence electrons. The van der Waals surface area contributed by atoms with Gasteiger partial charge in [0, 0.05) is 12.0 Å². The number of anilines is 2. The lowest BCUT2D eigenvalue weighted by molar-refractivity contribution is -0.106. The van der Waals surface area contributed by atoms with Crippen LogP contribution < -0.4 is 4.90 Å². The van der Waals surface area contributed by atoms with Crippen molar-refractivity contribution in [3.63, 3.8) is 0 Å². The van der Waals surface area contributed by atoms with Crippen LogP contribution in [-0.4, -0.2) is 12.2 Å². The molecule has 0 bridgehead atoms. The average molecular weight is 237 g/mol. The Bertz CT molecular complexity index is 634. The third-order valence-electron chi connectivity index (χ3n) is 3.17. The second kappa shape index (κ2) is 4.11. The molecule has 0 aromatic heterocycles. The van der Waals surface area contributed by atoms with Crippen molar-refractivity contribution in [2.75, 3.05) is 4.90 Å². The normalized spacial score (nSPS) is 13.6. The summed E-state index contributed by atoms with van der Waals surface area (Å²) >= 11 is 0. The smallest absolute Gasteiger partial charge is 0.218 e. The summed E-state index contributed by atoms with van der Waals surface area (Å²) in [5.41, 5.74) is 2.92. The van der Waals surface area contributed by atoms with Gasteiger partial charge in [-0.3, -0.25) is 14.5 Å². The molecule has 0 unspecified atom stereocenters. The zero-order valence-electron chi connectivity index (χ0n) is 9.67. The third-order valence-corrected chi connectivity index (χ3v) is 3.17. The Hall–Kier alpha value is -2.42. The van der Waals surface area contributed by atoms with Crippen molar-refractivity contribution < 1.29 is 9.59 Å². The van der Waals surface area contributed by atoms with Crippen LogP contribution in [0.2, 0.25) is 0 Å². The number of para-hydroxylation sites is 2. The molecule has 2 aromatic rings. The van der Waals surface area contributed by atoms with E-state index in [1.165, 1.54) is 4.90 Å². The monoisotopic (exact) mass is 237 g/mol. The quantitative estimate of drug-likeness (QED) is 0.715. The van der Waals surface area contributed by atoms with Gasteiger partial charge in [-0.1, -0.05) is 30.3 Å². The van der Waals surface area contributed by atoms with Crippen molar-refractivity contribution in [3.8, 4) is 0 Å². The van der Waals surface area contributed by atoms with Crippen molar-refractivity contribution in [2.45, 2.75) is 6.42 Å². The highest BCUT2D eigenvalue weighted by Crippen LogP contribution is 2.34. The molecule has 1 amide bonds. The zero-order chi connectivity index (χ0) is 12.5. The molecule has 0 aliphatic carbocycles. The Kier molecular flexibility index (Phi) is 2.45. The first-order chi connectivity index (χ1) is 8.81. The highest BCUT2D eigenvalue weighted by atomic mass is 16.1. The number of carbonyl (C=O) groups is 2. The van der Waals surface area contributed by atoms with E-state index in [1.54, 1.807) is 12.1 Å². The molecule has 3 nitrogen and oxygen atoms in total. The van der Waals surface area contributed by atoms with Crippen molar-refractivity contribution in [1.29, 1.82) is 0 Å². The minimum absolute atomic E-state index is 0.0439. The topological polar surface area (TPSA) is 37.4 Å². The van der Waals surface area contributed by atoms with Gasteiger partial charge in [-0.15, -0.1) is 0 Å². The molecule has 0 saturated carbocycles. The van der Waals surface area contributed by atoms with Gasteiger partial charge in [-0.2, -0.15) is 0 Å². The van der Waals surface area contributed by atoms with Gasteiger partial charge >= 0.3 is 0 Å². The van der Waals surface area contributed by atoms with E-state index in [1.807, 2.05) is 36.4 Å². The minimum Gasteiger partial charge on any atom is -0.294 e. The Morgan fingerprint density at radius 1 is 0.944 bits per heavy atom. The van der Waals surface area contributed by atoms with Crippen LogP contribution in [0.3, 0.4) is 0 Å². The molecular formula is C15H11NO2. The Morgan fingerprint density at radius 3 is 2.39 bits per heavy atom. The maximum atomic E-state index is 12.2. The summed E-state index contributed by atoms with van der Waals surface area (Å²) in [6, 6.07) is 14.7. The largest absolute Gasteiger partial charge is 0.294 e. The zero-order valence-corrected chi connectivity index (χ0v) is 9.67. The number of nitrogens with zero attached hydrogens (tertiary/aromatic N) is 1. The van der Waals surface area contributed by atoms with E-state index < -0.39 is 0 Å². The number of ketones is 1. The van der Waals surface area contributed by atoms with Crippen LogP contribution in [0.4, 0.5) is 11.4 Å². The van der Waals surface area contributed by atoms with Crippen LogP contribution in [0.15, 0.2) is 48.5 Å². The second-order valence-corrected chi connectivity index (χ2v) is 4.22. The van der Waals surface area contributed by atoms with Crippen molar-refractivity contribution >= 4 is 23.6 Å².